The van der Waals surface area contributed by atoms with Crippen LogP contribution in [0.15, 0.2) is 18.2 Å². The summed E-state index contributed by atoms with van der Waals surface area (Å²) in [5.41, 5.74) is 1.02. The maximum Gasteiger partial charge on any atom is 0.124 e. The molecule has 1 aliphatic rings. The van der Waals surface area contributed by atoms with Gasteiger partial charge in [-0.05, 0) is 19.1 Å². The second-order valence-electron chi connectivity index (χ2n) is 5.42. The van der Waals surface area contributed by atoms with Crippen LogP contribution in [0, 0.1) is 6.92 Å². The molecule has 5 heteroatoms. The van der Waals surface area contributed by atoms with Crippen molar-refractivity contribution in [3.05, 3.63) is 29.3 Å². The zero-order valence-corrected chi connectivity index (χ0v) is 12.1. The quantitative estimate of drug-likeness (QED) is 0.719. The van der Waals surface area contributed by atoms with Gasteiger partial charge >= 0.3 is 0 Å². The molecule has 1 saturated heterocycles. The van der Waals surface area contributed by atoms with Crippen molar-refractivity contribution in [2.45, 2.75) is 25.0 Å². The van der Waals surface area contributed by atoms with E-state index in [1.807, 2.05) is 25.1 Å². The summed E-state index contributed by atoms with van der Waals surface area (Å²) in [5.74, 6) is 0.674. The number of nitrogens with one attached hydrogen (secondary N) is 1. The Balaban J connectivity index is 1.91. The molecule has 0 aromatic heterocycles. The molecule has 1 aromatic carbocycles. The van der Waals surface area contributed by atoms with E-state index in [0.29, 0.717) is 38.5 Å². The lowest BCUT2D eigenvalue weighted by molar-refractivity contribution is 0.0243. The molecule has 20 heavy (non-hydrogen) atoms. The summed E-state index contributed by atoms with van der Waals surface area (Å²) >= 11 is 0. The number of aryl methyl sites for hydroxylation is 1. The highest BCUT2D eigenvalue weighted by Gasteiger charge is 2.31. The molecule has 0 aliphatic carbocycles. The zero-order chi connectivity index (χ0) is 14.6. The average Bonchev–Trinajstić information content (AvgIpc) is 2.85. The standard InChI is InChI=1S/C15H23NO4/c1-11-3-4-14(19-2)12(7-11)13(17)8-16-9-15(18)5-6-20-10-15/h3-4,7,13,16-18H,5-6,8-10H2,1-2H3. The number of benzene rings is 1. The molecule has 1 aliphatic heterocycles. The molecular weight excluding hydrogens is 258 g/mol. The fourth-order valence-corrected chi connectivity index (χ4v) is 2.40. The molecule has 0 spiro atoms. The lowest BCUT2D eigenvalue weighted by atomic mass is 10.0. The second kappa shape index (κ2) is 6.54. The minimum absolute atomic E-state index is 0.351. The lowest BCUT2D eigenvalue weighted by Gasteiger charge is -2.22. The molecule has 1 heterocycles. The average molecular weight is 281 g/mol. The van der Waals surface area contributed by atoms with Gasteiger partial charge in [-0.15, -0.1) is 0 Å². The molecule has 1 aromatic rings. The first-order valence-corrected chi connectivity index (χ1v) is 6.87. The minimum Gasteiger partial charge on any atom is -0.496 e. The van der Waals surface area contributed by atoms with Gasteiger partial charge in [-0.3, -0.25) is 0 Å². The van der Waals surface area contributed by atoms with Gasteiger partial charge in [0.25, 0.3) is 0 Å². The van der Waals surface area contributed by atoms with Gasteiger partial charge in [0.1, 0.15) is 11.4 Å². The molecule has 0 saturated carbocycles. The highest BCUT2D eigenvalue weighted by Crippen LogP contribution is 2.26. The van der Waals surface area contributed by atoms with Gasteiger partial charge in [-0.2, -0.15) is 0 Å². The molecule has 3 N–H and O–H groups in total. The molecule has 1 fully saturated rings. The highest BCUT2D eigenvalue weighted by molar-refractivity contribution is 5.38. The van der Waals surface area contributed by atoms with Crippen molar-refractivity contribution in [1.82, 2.24) is 5.32 Å². The van der Waals surface area contributed by atoms with E-state index >= 15 is 0 Å². The van der Waals surface area contributed by atoms with Crippen LogP contribution in [-0.4, -0.2) is 49.2 Å². The Labute approximate surface area is 119 Å². The molecule has 0 radical (unpaired) electrons. The SMILES string of the molecule is COc1ccc(C)cc1C(O)CNCC1(O)CCOC1. The number of aliphatic hydroxyl groups excluding tert-OH is 1. The summed E-state index contributed by atoms with van der Waals surface area (Å²) in [7, 11) is 1.59. The third-order valence-corrected chi connectivity index (χ3v) is 3.62. The summed E-state index contributed by atoms with van der Waals surface area (Å²) in [4.78, 5) is 0. The van der Waals surface area contributed by atoms with Crippen molar-refractivity contribution in [3.63, 3.8) is 0 Å². The van der Waals surface area contributed by atoms with Crippen LogP contribution in [0.4, 0.5) is 0 Å². The van der Waals surface area contributed by atoms with E-state index in [9.17, 15) is 10.2 Å². The normalized spacial score (nSPS) is 23.8. The lowest BCUT2D eigenvalue weighted by Crippen LogP contribution is -2.42. The van der Waals surface area contributed by atoms with E-state index in [2.05, 4.69) is 5.32 Å². The van der Waals surface area contributed by atoms with Crippen molar-refractivity contribution in [2.75, 3.05) is 33.4 Å². The van der Waals surface area contributed by atoms with Crippen molar-refractivity contribution in [3.8, 4) is 5.75 Å². The van der Waals surface area contributed by atoms with Crippen LogP contribution in [0.1, 0.15) is 23.7 Å². The van der Waals surface area contributed by atoms with E-state index in [0.717, 1.165) is 11.1 Å². The molecule has 2 unspecified atom stereocenters. The Hall–Kier alpha value is -1.14. The summed E-state index contributed by atoms with van der Waals surface area (Å²) in [6, 6.07) is 5.71. The molecular formula is C15H23NO4. The smallest absolute Gasteiger partial charge is 0.124 e. The monoisotopic (exact) mass is 281 g/mol. The molecule has 0 amide bonds. The van der Waals surface area contributed by atoms with E-state index < -0.39 is 11.7 Å². The van der Waals surface area contributed by atoms with Crippen molar-refractivity contribution in [1.29, 1.82) is 0 Å². The Bertz CT molecular complexity index is 443. The number of aliphatic hydroxyl groups is 2. The van der Waals surface area contributed by atoms with E-state index in [1.165, 1.54) is 0 Å². The van der Waals surface area contributed by atoms with E-state index in [4.69, 9.17) is 9.47 Å². The highest BCUT2D eigenvalue weighted by atomic mass is 16.5. The maximum atomic E-state index is 10.3. The second-order valence-corrected chi connectivity index (χ2v) is 5.42. The minimum atomic E-state index is -0.809. The predicted octanol–water partition coefficient (Wildman–Crippen LogP) is 0.778. The van der Waals surface area contributed by atoms with Gasteiger partial charge < -0.3 is 25.0 Å². The summed E-state index contributed by atoms with van der Waals surface area (Å²) in [5, 5.41) is 23.5. The van der Waals surface area contributed by atoms with Gasteiger partial charge in [0.05, 0.1) is 19.8 Å². The van der Waals surface area contributed by atoms with Gasteiger partial charge in [-0.1, -0.05) is 11.6 Å². The van der Waals surface area contributed by atoms with Crippen LogP contribution in [-0.2, 0) is 4.74 Å². The van der Waals surface area contributed by atoms with Crippen molar-refractivity contribution >= 4 is 0 Å². The van der Waals surface area contributed by atoms with Gasteiger partial charge in [0.15, 0.2) is 0 Å². The Morgan fingerprint density at radius 2 is 2.30 bits per heavy atom. The first-order valence-electron chi connectivity index (χ1n) is 6.87. The summed E-state index contributed by atoms with van der Waals surface area (Å²) in [6.07, 6.45) is -0.0418. The number of ether oxygens (including phenoxy) is 2. The Morgan fingerprint density at radius 3 is 2.95 bits per heavy atom. The number of methoxy groups -OCH3 is 1. The van der Waals surface area contributed by atoms with Crippen LogP contribution in [0.5, 0.6) is 5.75 Å². The fraction of sp³-hybridized carbons (Fsp3) is 0.600. The van der Waals surface area contributed by atoms with Crippen molar-refractivity contribution in [2.24, 2.45) is 0 Å². The number of rotatable bonds is 6. The van der Waals surface area contributed by atoms with Gasteiger partial charge in [0.2, 0.25) is 0 Å². The first kappa shape index (κ1) is 15.3. The Kier molecular flexibility index (Phi) is 4.99. The maximum absolute atomic E-state index is 10.3. The van der Waals surface area contributed by atoms with Crippen LogP contribution in [0.2, 0.25) is 0 Å². The third kappa shape index (κ3) is 3.70. The molecule has 5 nitrogen and oxygen atoms in total. The number of hydrogen-bond acceptors (Lipinski definition) is 5. The van der Waals surface area contributed by atoms with Crippen LogP contribution in [0.3, 0.4) is 0 Å². The molecule has 0 bridgehead atoms. The zero-order valence-electron chi connectivity index (χ0n) is 12.1. The van der Waals surface area contributed by atoms with E-state index in [1.54, 1.807) is 7.11 Å². The molecule has 2 atom stereocenters. The molecule has 112 valence electrons. The first-order chi connectivity index (χ1) is 9.54. The van der Waals surface area contributed by atoms with Crippen LogP contribution >= 0.6 is 0 Å². The predicted molar refractivity (Wildman–Crippen MR) is 75.9 cm³/mol. The summed E-state index contributed by atoms with van der Waals surface area (Å²) < 4.78 is 10.4. The van der Waals surface area contributed by atoms with Crippen LogP contribution < -0.4 is 10.1 Å². The van der Waals surface area contributed by atoms with Crippen molar-refractivity contribution < 1.29 is 19.7 Å². The van der Waals surface area contributed by atoms with Crippen LogP contribution in [0.25, 0.3) is 0 Å². The molecule has 2 rings (SSSR count). The largest absolute Gasteiger partial charge is 0.496 e. The van der Waals surface area contributed by atoms with Gasteiger partial charge in [0, 0.05) is 31.7 Å². The fourth-order valence-electron chi connectivity index (χ4n) is 2.40. The van der Waals surface area contributed by atoms with E-state index in [-0.39, 0.29) is 0 Å². The number of hydrogen-bond donors (Lipinski definition) is 3. The topological polar surface area (TPSA) is 71.0 Å². The Morgan fingerprint density at radius 1 is 1.50 bits per heavy atom. The summed E-state index contributed by atoms with van der Waals surface area (Å²) in [6.45, 7) is 3.69. The third-order valence-electron chi connectivity index (χ3n) is 3.62. The van der Waals surface area contributed by atoms with Gasteiger partial charge in [-0.25, -0.2) is 0 Å².